The maximum absolute atomic E-state index is 12.8. The third-order valence-corrected chi connectivity index (χ3v) is 4.86. The number of aromatic nitrogens is 1. The predicted molar refractivity (Wildman–Crippen MR) is 113 cm³/mol. The van der Waals surface area contributed by atoms with Crippen molar-refractivity contribution in [2.45, 2.75) is 6.92 Å². The highest BCUT2D eigenvalue weighted by atomic mass is 16.5. The van der Waals surface area contributed by atoms with Crippen molar-refractivity contribution in [2.24, 2.45) is 0 Å². The third-order valence-electron chi connectivity index (χ3n) is 4.86. The Morgan fingerprint density at radius 3 is 2.55 bits per heavy atom. The van der Waals surface area contributed by atoms with Crippen molar-refractivity contribution in [3.05, 3.63) is 41.7 Å². The van der Waals surface area contributed by atoms with Gasteiger partial charge in [-0.05, 0) is 25.1 Å². The molecule has 1 N–H and O–H groups in total. The Morgan fingerprint density at radius 2 is 1.90 bits per heavy atom. The molecule has 3 amide bonds. The van der Waals surface area contributed by atoms with Crippen LogP contribution in [0.15, 0.2) is 34.9 Å². The molecule has 0 radical (unpaired) electrons. The minimum atomic E-state index is -0.176. The van der Waals surface area contributed by atoms with Gasteiger partial charge < -0.3 is 24.4 Å². The summed E-state index contributed by atoms with van der Waals surface area (Å²) >= 11 is 0. The maximum Gasteiger partial charge on any atom is 0.259 e. The van der Waals surface area contributed by atoms with Gasteiger partial charge in [0.1, 0.15) is 11.5 Å². The lowest BCUT2D eigenvalue weighted by molar-refractivity contribution is -0.130. The topological polar surface area (TPSA) is 108 Å². The second kappa shape index (κ2) is 10.1. The molecule has 0 atom stereocenters. The van der Waals surface area contributed by atoms with E-state index in [1.807, 2.05) is 4.90 Å². The van der Waals surface area contributed by atoms with E-state index in [1.165, 1.54) is 4.90 Å². The molecule has 10 nitrogen and oxygen atoms in total. The summed E-state index contributed by atoms with van der Waals surface area (Å²) in [5.41, 5.74) is 0.502. The molecular formula is C21H27N5O5. The summed E-state index contributed by atoms with van der Waals surface area (Å²) in [5.74, 6) is 1.05. The summed E-state index contributed by atoms with van der Waals surface area (Å²) in [4.78, 5) is 41.9. The third kappa shape index (κ3) is 6.29. The number of piperazine rings is 1. The molecule has 0 unspecified atom stereocenters. The fourth-order valence-electron chi connectivity index (χ4n) is 3.10. The average Bonchev–Trinajstić information content (AvgIpc) is 3.16. The SMILES string of the molecule is Cc1cc(NC(=O)CN2CCN(C(=O)c3cccc(OCC(=O)N(C)C)c3)CC2)no1. The van der Waals surface area contributed by atoms with Crippen LogP contribution < -0.4 is 10.1 Å². The molecule has 1 fully saturated rings. The van der Waals surface area contributed by atoms with Crippen molar-refractivity contribution in [2.75, 3.05) is 58.7 Å². The second-order valence-electron chi connectivity index (χ2n) is 7.54. The summed E-state index contributed by atoms with van der Waals surface area (Å²) in [5, 5.41) is 6.44. The van der Waals surface area contributed by atoms with Gasteiger partial charge in [-0.2, -0.15) is 0 Å². The molecule has 0 bridgehead atoms. The molecule has 0 aliphatic carbocycles. The number of ether oxygens (including phenoxy) is 1. The molecule has 31 heavy (non-hydrogen) atoms. The number of aryl methyl sites for hydroxylation is 1. The normalized spacial score (nSPS) is 14.2. The minimum absolute atomic E-state index is 0.0840. The number of nitrogens with zero attached hydrogens (tertiary/aromatic N) is 4. The molecule has 1 aromatic carbocycles. The van der Waals surface area contributed by atoms with E-state index >= 15 is 0 Å². The number of amides is 3. The highest BCUT2D eigenvalue weighted by molar-refractivity contribution is 5.95. The van der Waals surface area contributed by atoms with E-state index in [9.17, 15) is 14.4 Å². The molecule has 1 aromatic heterocycles. The average molecular weight is 429 g/mol. The Hall–Kier alpha value is -3.40. The Labute approximate surface area is 180 Å². The molecular weight excluding hydrogens is 402 g/mol. The van der Waals surface area contributed by atoms with Crippen LogP contribution in [0.2, 0.25) is 0 Å². The van der Waals surface area contributed by atoms with E-state index in [0.717, 1.165) is 0 Å². The Morgan fingerprint density at radius 1 is 1.16 bits per heavy atom. The fourth-order valence-corrected chi connectivity index (χ4v) is 3.10. The van der Waals surface area contributed by atoms with Gasteiger partial charge in [-0.25, -0.2) is 0 Å². The Balaban J connectivity index is 1.48. The van der Waals surface area contributed by atoms with Crippen LogP contribution in [0, 0.1) is 6.92 Å². The number of hydrogen-bond acceptors (Lipinski definition) is 7. The number of nitrogens with one attached hydrogen (secondary N) is 1. The number of likely N-dealkylation sites (N-methyl/N-ethyl adjacent to an activating group) is 1. The van der Waals surface area contributed by atoms with Crippen LogP contribution in [0.4, 0.5) is 5.82 Å². The summed E-state index contributed by atoms with van der Waals surface area (Å²) < 4.78 is 10.4. The van der Waals surface area contributed by atoms with Crippen LogP contribution in [0.5, 0.6) is 5.75 Å². The minimum Gasteiger partial charge on any atom is -0.484 e. The lowest BCUT2D eigenvalue weighted by Crippen LogP contribution is -2.50. The van der Waals surface area contributed by atoms with E-state index in [4.69, 9.17) is 9.26 Å². The molecule has 166 valence electrons. The highest BCUT2D eigenvalue weighted by Gasteiger charge is 2.24. The lowest BCUT2D eigenvalue weighted by atomic mass is 10.1. The molecule has 3 rings (SSSR count). The standard InChI is InChI=1S/C21H27N5O5/c1-15-11-18(23-31-15)22-19(27)13-25-7-9-26(10-8-25)21(29)16-5-4-6-17(12-16)30-14-20(28)24(2)3/h4-6,11-12H,7-10,13-14H2,1-3H3,(H,22,23,27). The van der Waals surface area contributed by atoms with Crippen molar-refractivity contribution in [3.63, 3.8) is 0 Å². The molecule has 1 saturated heterocycles. The van der Waals surface area contributed by atoms with Crippen molar-refractivity contribution in [3.8, 4) is 5.75 Å². The van der Waals surface area contributed by atoms with Gasteiger partial charge in [0.15, 0.2) is 12.4 Å². The van der Waals surface area contributed by atoms with Crippen molar-refractivity contribution in [1.82, 2.24) is 19.9 Å². The van der Waals surface area contributed by atoms with E-state index in [1.54, 1.807) is 56.3 Å². The fraction of sp³-hybridized carbons (Fsp3) is 0.429. The van der Waals surface area contributed by atoms with Gasteiger partial charge in [-0.15, -0.1) is 0 Å². The van der Waals surface area contributed by atoms with Gasteiger partial charge in [-0.1, -0.05) is 11.2 Å². The van der Waals surface area contributed by atoms with Gasteiger partial charge in [-0.3, -0.25) is 19.3 Å². The zero-order valence-corrected chi connectivity index (χ0v) is 18.0. The zero-order valence-electron chi connectivity index (χ0n) is 18.0. The van der Waals surface area contributed by atoms with Crippen molar-refractivity contribution < 1.29 is 23.6 Å². The number of carbonyl (C=O) groups excluding carboxylic acids is 3. The molecule has 1 aliphatic rings. The number of hydrogen-bond donors (Lipinski definition) is 1. The highest BCUT2D eigenvalue weighted by Crippen LogP contribution is 2.16. The van der Waals surface area contributed by atoms with Crippen LogP contribution in [0.3, 0.4) is 0 Å². The Bertz CT molecular complexity index is 934. The lowest BCUT2D eigenvalue weighted by Gasteiger charge is -2.34. The smallest absolute Gasteiger partial charge is 0.259 e. The maximum atomic E-state index is 12.8. The zero-order chi connectivity index (χ0) is 22.4. The number of anilines is 1. The molecule has 0 saturated carbocycles. The van der Waals surface area contributed by atoms with Crippen LogP contribution in [0.25, 0.3) is 0 Å². The van der Waals surface area contributed by atoms with E-state index in [2.05, 4.69) is 10.5 Å². The van der Waals surface area contributed by atoms with E-state index in [-0.39, 0.29) is 30.9 Å². The molecule has 2 heterocycles. The largest absolute Gasteiger partial charge is 0.484 e. The summed E-state index contributed by atoms with van der Waals surface area (Å²) in [6.07, 6.45) is 0. The molecule has 1 aliphatic heterocycles. The first-order valence-corrected chi connectivity index (χ1v) is 9.99. The number of benzene rings is 1. The first-order chi connectivity index (χ1) is 14.8. The monoisotopic (exact) mass is 429 g/mol. The van der Waals surface area contributed by atoms with Gasteiger partial charge in [0, 0.05) is 51.9 Å². The van der Waals surface area contributed by atoms with Gasteiger partial charge in [0.2, 0.25) is 5.91 Å². The number of carbonyl (C=O) groups is 3. The summed E-state index contributed by atoms with van der Waals surface area (Å²) in [7, 11) is 3.31. The first-order valence-electron chi connectivity index (χ1n) is 9.99. The number of rotatable bonds is 7. The van der Waals surface area contributed by atoms with Crippen molar-refractivity contribution in [1.29, 1.82) is 0 Å². The predicted octanol–water partition coefficient (Wildman–Crippen LogP) is 0.847. The quantitative estimate of drug-likeness (QED) is 0.695. The molecule has 2 aromatic rings. The van der Waals surface area contributed by atoms with Gasteiger partial charge >= 0.3 is 0 Å². The molecule has 10 heteroatoms. The van der Waals surface area contributed by atoms with Crippen molar-refractivity contribution >= 4 is 23.5 Å². The van der Waals surface area contributed by atoms with E-state index < -0.39 is 0 Å². The second-order valence-corrected chi connectivity index (χ2v) is 7.54. The summed E-state index contributed by atoms with van der Waals surface area (Å²) in [6, 6.07) is 8.47. The Kier molecular flexibility index (Phi) is 7.24. The summed E-state index contributed by atoms with van der Waals surface area (Å²) in [6.45, 7) is 4.09. The van der Waals surface area contributed by atoms with Gasteiger partial charge in [0.05, 0.1) is 6.54 Å². The molecule has 0 spiro atoms. The van der Waals surface area contributed by atoms with Crippen LogP contribution in [-0.4, -0.2) is 91.0 Å². The van der Waals surface area contributed by atoms with E-state index in [0.29, 0.717) is 49.1 Å². The van der Waals surface area contributed by atoms with Crippen LogP contribution in [0.1, 0.15) is 16.1 Å². The first kappa shape index (κ1) is 22.3. The van der Waals surface area contributed by atoms with Crippen LogP contribution in [-0.2, 0) is 9.59 Å². The van der Waals surface area contributed by atoms with Crippen LogP contribution >= 0.6 is 0 Å². The van der Waals surface area contributed by atoms with Gasteiger partial charge in [0.25, 0.3) is 11.8 Å².